The Morgan fingerprint density at radius 1 is 1.05 bits per heavy atom. The summed E-state index contributed by atoms with van der Waals surface area (Å²) in [6.07, 6.45) is 3.96. The number of fused-ring (bicyclic) bond motifs is 1. The summed E-state index contributed by atoms with van der Waals surface area (Å²) in [6.45, 7) is 0.650. The van der Waals surface area contributed by atoms with Gasteiger partial charge in [-0.05, 0) is 36.4 Å². The molecule has 0 atom stereocenters. The molecule has 0 fully saturated rings. The van der Waals surface area contributed by atoms with Crippen LogP contribution in [0.25, 0.3) is 16.7 Å². The number of halogens is 1. The van der Waals surface area contributed by atoms with Crippen LogP contribution in [0.5, 0.6) is 0 Å². The zero-order valence-corrected chi connectivity index (χ0v) is 13.2. The van der Waals surface area contributed by atoms with Crippen molar-refractivity contribution in [1.82, 2.24) is 14.3 Å². The molecule has 0 amide bonds. The summed E-state index contributed by atoms with van der Waals surface area (Å²) in [6, 6.07) is 13.6. The van der Waals surface area contributed by atoms with Crippen LogP contribution < -0.4 is 5.56 Å². The van der Waals surface area contributed by atoms with Crippen LogP contribution >= 0.6 is 15.9 Å². The van der Waals surface area contributed by atoms with Crippen LogP contribution in [0.3, 0.4) is 0 Å². The van der Waals surface area contributed by atoms with E-state index in [1.54, 1.807) is 16.8 Å². The van der Waals surface area contributed by atoms with Crippen LogP contribution in [0.4, 0.5) is 0 Å². The van der Waals surface area contributed by atoms with Gasteiger partial charge in [0.25, 0.3) is 5.56 Å². The molecule has 5 heteroatoms. The smallest absolute Gasteiger partial charge is 0.266 e. The van der Waals surface area contributed by atoms with E-state index in [-0.39, 0.29) is 5.56 Å². The highest BCUT2D eigenvalue weighted by Crippen LogP contribution is 2.18. The molecule has 0 aliphatic rings. The Morgan fingerprint density at radius 2 is 1.90 bits per heavy atom. The van der Waals surface area contributed by atoms with Gasteiger partial charge in [-0.15, -0.1) is 0 Å². The summed E-state index contributed by atoms with van der Waals surface area (Å²) >= 11 is 3.40. The first-order valence-corrected chi connectivity index (χ1v) is 8.12. The summed E-state index contributed by atoms with van der Waals surface area (Å²) in [7, 11) is 0. The van der Waals surface area contributed by atoms with Gasteiger partial charge in [-0.3, -0.25) is 9.36 Å². The number of hydrogen-bond donors (Lipinski definition) is 0. The predicted molar refractivity (Wildman–Crippen MR) is 88.4 cm³/mol. The Kier molecular flexibility index (Phi) is 4.20. The molecule has 2 aromatic heterocycles. The van der Waals surface area contributed by atoms with Crippen LogP contribution in [-0.4, -0.2) is 19.7 Å². The van der Waals surface area contributed by atoms with Crippen molar-refractivity contribution in [2.75, 3.05) is 5.33 Å². The number of nitrogens with zero attached hydrogens (tertiary/aromatic N) is 3. The number of unbranched alkanes of at least 4 members (excludes halogenated alkanes) is 1. The van der Waals surface area contributed by atoms with E-state index in [0.29, 0.717) is 6.54 Å². The number of aromatic nitrogens is 3. The third-order valence-electron chi connectivity index (χ3n) is 3.45. The molecule has 0 N–H and O–H groups in total. The number of aryl methyl sites for hydroxylation is 1. The van der Waals surface area contributed by atoms with Crippen molar-refractivity contribution in [2.24, 2.45) is 0 Å². The van der Waals surface area contributed by atoms with E-state index in [0.717, 1.165) is 34.9 Å². The summed E-state index contributed by atoms with van der Waals surface area (Å²) in [5, 5.41) is 6.60. The highest BCUT2D eigenvalue weighted by molar-refractivity contribution is 9.09. The van der Waals surface area contributed by atoms with E-state index in [9.17, 15) is 4.79 Å². The topological polar surface area (TPSA) is 39.8 Å². The maximum atomic E-state index is 11.9. The molecule has 0 bridgehead atoms. The molecule has 21 heavy (non-hydrogen) atoms. The number of para-hydroxylation sites is 1. The average molecular weight is 346 g/mol. The van der Waals surface area contributed by atoms with Crippen LogP contribution in [0.2, 0.25) is 0 Å². The van der Waals surface area contributed by atoms with Gasteiger partial charge in [-0.25, -0.2) is 4.68 Å². The minimum atomic E-state index is -0.0511. The molecule has 4 nitrogen and oxygen atoms in total. The fourth-order valence-corrected chi connectivity index (χ4v) is 2.76. The molecule has 0 saturated carbocycles. The van der Waals surface area contributed by atoms with Crippen molar-refractivity contribution in [3.63, 3.8) is 0 Å². The molecule has 0 radical (unpaired) electrons. The first kappa shape index (κ1) is 14.1. The molecule has 108 valence electrons. The van der Waals surface area contributed by atoms with E-state index >= 15 is 0 Å². The lowest BCUT2D eigenvalue weighted by atomic mass is 10.2. The quantitative estimate of drug-likeness (QED) is 0.525. The molecule has 0 unspecified atom stereocenters. The van der Waals surface area contributed by atoms with Gasteiger partial charge in [0.2, 0.25) is 0 Å². The maximum absolute atomic E-state index is 11.9. The van der Waals surface area contributed by atoms with Crippen molar-refractivity contribution in [2.45, 2.75) is 19.4 Å². The van der Waals surface area contributed by atoms with Crippen molar-refractivity contribution in [3.8, 4) is 5.82 Å². The molecule has 0 spiro atoms. The minimum absolute atomic E-state index is 0.0511. The summed E-state index contributed by atoms with van der Waals surface area (Å²) in [5.41, 5.74) is 1.04. The van der Waals surface area contributed by atoms with Gasteiger partial charge in [0.1, 0.15) is 0 Å². The SMILES string of the molecule is O=c1ccc(-n2ccc3ccccc32)nn1CCCCBr. The number of alkyl halides is 1. The van der Waals surface area contributed by atoms with Gasteiger partial charge in [0, 0.05) is 24.1 Å². The lowest BCUT2D eigenvalue weighted by Crippen LogP contribution is -2.23. The molecular formula is C16H16BrN3O. The third kappa shape index (κ3) is 2.93. The largest absolute Gasteiger partial charge is 0.300 e. The average Bonchev–Trinajstić information content (AvgIpc) is 2.93. The monoisotopic (exact) mass is 345 g/mol. The summed E-state index contributed by atoms with van der Waals surface area (Å²) in [4.78, 5) is 11.9. The van der Waals surface area contributed by atoms with Crippen molar-refractivity contribution in [1.29, 1.82) is 0 Å². The van der Waals surface area contributed by atoms with E-state index in [1.807, 2.05) is 22.9 Å². The molecule has 3 rings (SSSR count). The van der Waals surface area contributed by atoms with E-state index in [2.05, 4.69) is 39.2 Å². The fourth-order valence-electron chi connectivity index (χ4n) is 2.37. The standard InChI is InChI=1S/C16H16BrN3O/c17-10-3-4-11-20-16(21)8-7-15(18-20)19-12-9-13-5-1-2-6-14(13)19/h1-2,5-9,12H,3-4,10-11H2. The second kappa shape index (κ2) is 6.26. The second-order valence-electron chi connectivity index (χ2n) is 4.89. The van der Waals surface area contributed by atoms with Gasteiger partial charge in [-0.2, -0.15) is 5.10 Å². The molecule has 1 aromatic carbocycles. The highest BCUT2D eigenvalue weighted by Gasteiger charge is 2.06. The zero-order chi connectivity index (χ0) is 14.7. The van der Waals surface area contributed by atoms with Gasteiger partial charge in [0.15, 0.2) is 5.82 Å². The Labute approximate surface area is 131 Å². The van der Waals surface area contributed by atoms with Crippen LogP contribution in [0.1, 0.15) is 12.8 Å². The Hall–Kier alpha value is -1.88. The fraction of sp³-hybridized carbons (Fsp3) is 0.250. The van der Waals surface area contributed by atoms with Crippen molar-refractivity contribution < 1.29 is 0 Å². The van der Waals surface area contributed by atoms with Gasteiger partial charge < -0.3 is 0 Å². The molecule has 0 aliphatic carbocycles. The highest BCUT2D eigenvalue weighted by atomic mass is 79.9. The molecule has 0 saturated heterocycles. The molecule has 3 aromatic rings. The second-order valence-corrected chi connectivity index (χ2v) is 5.69. The first-order valence-electron chi connectivity index (χ1n) is 7.00. The first-order chi connectivity index (χ1) is 10.3. The summed E-state index contributed by atoms with van der Waals surface area (Å²) in [5.74, 6) is 0.773. The minimum Gasteiger partial charge on any atom is -0.300 e. The van der Waals surface area contributed by atoms with Crippen molar-refractivity contribution in [3.05, 3.63) is 59.0 Å². The van der Waals surface area contributed by atoms with Gasteiger partial charge in [0.05, 0.1) is 5.52 Å². The summed E-state index contributed by atoms with van der Waals surface area (Å²) < 4.78 is 3.56. The third-order valence-corrected chi connectivity index (χ3v) is 4.01. The van der Waals surface area contributed by atoms with E-state index in [4.69, 9.17) is 0 Å². The van der Waals surface area contributed by atoms with Crippen LogP contribution in [-0.2, 0) is 6.54 Å². The Bertz CT molecular complexity index is 806. The molecule has 2 heterocycles. The normalized spacial score (nSPS) is 11.1. The number of rotatable bonds is 5. The van der Waals surface area contributed by atoms with E-state index < -0.39 is 0 Å². The van der Waals surface area contributed by atoms with Gasteiger partial charge >= 0.3 is 0 Å². The Morgan fingerprint density at radius 3 is 2.76 bits per heavy atom. The van der Waals surface area contributed by atoms with Crippen LogP contribution in [0.15, 0.2) is 53.5 Å². The lowest BCUT2D eigenvalue weighted by molar-refractivity contribution is 0.541. The van der Waals surface area contributed by atoms with Crippen LogP contribution in [0, 0.1) is 0 Å². The Balaban J connectivity index is 1.99. The van der Waals surface area contributed by atoms with E-state index in [1.165, 1.54) is 0 Å². The number of benzene rings is 1. The van der Waals surface area contributed by atoms with Crippen molar-refractivity contribution >= 4 is 26.8 Å². The zero-order valence-electron chi connectivity index (χ0n) is 11.6. The maximum Gasteiger partial charge on any atom is 0.266 e. The molecular weight excluding hydrogens is 330 g/mol. The predicted octanol–water partition coefficient (Wildman–Crippen LogP) is 3.36. The number of hydrogen-bond acceptors (Lipinski definition) is 2. The van der Waals surface area contributed by atoms with Gasteiger partial charge in [-0.1, -0.05) is 34.1 Å². The lowest BCUT2D eigenvalue weighted by Gasteiger charge is -2.08. The molecule has 0 aliphatic heterocycles.